The van der Waals surface area contributed by atoms with Gasteiger partial charge in [-0.05, 0) is 30.3 Å². The Balaban J connectivity index is 2.31. The van der Waals surface area contributed by atoms with Crippen LogP contribution in [0, 0.1) is 0 Å². The zero-order valence-corrected chi connectivity index (χ0v) is 13.5. The fourth-order valence-electron chi connectivity index (χ4n) is 1.46. The number of rotatable bonds is 4. The molecule has 110 valence electrons. The number of pyridine rings is 1. The predicted octanol–water partition coefficient (Wildman–Crippen LogP) is 2.82. The molecule has 0 saturated heterocycles. The summed E-state index contributed by atoms with van der Waals surface area (Å²) in [7, 11) is -3.82. The van der Waals surface area contributed by atoms with E-state index in [1.54, 1.807) is 0 Å². The Kier molecular flexibility index (Phi) is 4.67. The molecule has 9 heteroatoms. The molecule has 2 rings (SSSR count). The van der Waals surface area contributed by atoms with Crippen molar-refractivity contribution in [3.63, 3.8) is 0 Å². The number of aromatic nitrogens is 1. The van der Waals surface area contributed by atoms with Gasteiger partial charge in [0.1, 0.15) is 9.88 Å². The Labute approximate surface area is 137 Å². The van der Waals surface area contributed by atoms with E-state index in [0.29, 0.717) is 10.7 Å². The smallest absolute Gasteiger partial charge is 0.263 e. The first-order valence-electron chi connectivity index (χ1n) is 5.53. The van der Waals surface area contributed by atoms with Crippen molar-refractivity contribution < 1.29 is 8.42 Å². The third-order valence-electron chi connectivity index (χ3n) is 2.47. The second-order valence-corrected chi connectivity index (χ2v) is 6.94. The van der Waals surface area contributed by atoms with Crippen LogP contribution in [0.1, 0.15) is 5.69 Å². The second kappa shape index (κ2) is 6.15. The monoisotopic (exact) mass is 361 g/mol. The van der Waals surface area contributed by atoms with Crippen molar-refractivity contribution >= 4 is 56.1 Å². The Hall–Kier alpha value is -1.41. The fraction of sp³-hybridized carbons (Fsp3) is 0. The van der Waals surface area contributed by atoms with E-state index in [-0.39, 0.29) is 20.6 Å². The van der Waals surface area contributed by atoms with Crippen LogP contribution in [0.2, 0.25) is 10.0 Å². The van der Waals surface area contributed by atoms with Crippen molar-refractivity contribution in [2.45, 2.75) is 4.90 Å². The van der Waals surface area contributed by atoms with Crippen molar-refractivity contribution in [2.75, 3.05) is 4.72 Å². The van der Waals surface area contributed by atoms with E-state index < -0.39 is 10.0 Å². The zero-order chi connectivity index (χ0) is 15.6. The number of sulfonamides is 1. The molecule has 0 unspecified atom stereocenters. The maximum Gasteiger partial charge on any atom is 0.263 e. The van der Waals surface area contributed by atoms with E-state index in [1.165, 1.54) is 36.5 Å². The number of nitrogens with two attached hydrogens (primary N) is 1. The van der Waals surface area contributed by atoms with Gasteiger partial charge >= 0.3 is 0 Å². The number of anilines is 1. The maximum atomic E-state index is 12.2. The highest BCUT2D eigenvalue weighted by molar-refractivity contribution is 7.92. The minimum Gasteiger partial charge on any atom is -0.388 e. The topological polar surface area (TPSA) is 85.1 Å². The third kappa shape index (κ3) is 3.82. The number of halogens is 2. The van der Waals surface area contributed by atoms with Crippen LogP contribution in [0.5, 0.6) is 0 Å². The summed E-state index contributed by atoms with van der Waals surface area (Å²) >= 11 is 16.4. The largest absolute Gasteiger partial charge is 0.388 e. The average molecular weight is 362 g/mol. The molecule has 0 atom stereocenters. The Morgan fingerprint density at radius 1 is 1.24 bits per heavy atom. The van der Waals surface area contributed by atoms with Gasteiger partial charge in [-0.3, -0.25) is 9.71 Å². The van der Waals surface area contributed by atoms with Gasteiger partial charge in [-0.1, -0.05) is 35.4 Å². The first-order chi connectivity index (χ1) is 9.79. The summed E-state index contributed by atoms with van der Waals surface area (Å²) in [5.41, 5.74) is 5.97. The molecule has 0 aliphatic heterocycles. The van der Waals surface area contributed by atoms with Crippen LogP contribution >= 0.6 is 35.4 Å². The molecule has 0 radical (unpaired) electrons. The molecule has 0 amide bonds. The standard InChI is InChI=1S/C12H9Cl2N3O2S2/c13-7-1-3-10(9(14)5-7)17-21(18,19)8-2-4-11(12(15)20)16-6-8/h1-6,17H,(H2,15,20). The van der Waals surface area contributed by atoms with Gasteiger partial charge < -0.3 is 5.73 Å². The molecule has 0 aliphatic rings. The van der Waals surface area contributed by atoms with Gasteiger partial charge in [0.15, 0.2) is 0 Å². The first kappa shape index (κ1) is 16.0. The molecular formula is C12H9Cl2N3O2S2. The number of hydrogen-bond acceptors (Lipinski definition) is 4. The molecule has 1 heterocycles. The lowest BCUT2D eigenvalue weighted by Crippen LogP contribution is -2.15. The van der Waals surface area contributed by atoms with Crippen LogP contribution in [-0.2, 0) is 10.0 Å². The SMILES string of the molecule is NC(=S)c1ccc(S(=O)(=O)Nc2ccc(Cl)cc2Cl)cn1. The van der Waals surface area contributed by atoms with Crippen molar-refractivity contribution in [1.82, 2.24) is 4.98 Å². The Morgan fingerprint density at radius 3 is 2.48 bits per heavy atom. The molecule has 3 N–H and O–H groups in total. The molecule has 5 nitrogen and oxygen atoms in total. The van der Waals surface area contributed by atoms with Gasteiger partial charge in [-0.2, -0.15) is 0 Å². The third-order valence-corrected chi connectivity index (χ3v) is 4.58. The number of thiocarbonyl (C=S) groups is 1. The van der Waals surface area contributed by atoms with Gasteiger partial charge in [-0.15, -0.1) is 0 Å². The minimum atomic E-state index is -3.82. The number of nitrogens with zero attached hydrogens (tertiary/aromatic N) is 1. The number of hydrogen-bond donors (Lipinski definition) is 2. The molecule has 1 aromatic carbocycles. The van der Waals surface area contributed by atoms with E-state index >= 15 is 0 Å². The molecule has 0 aliphatic carbocycles. The lowest BCUT2D eigenvalue weighted by Gasteiger charge is -2.10. The highest BCUT2D eigenvalue weighted by Gasteiger charge is 2.16. The lowest BCUT2D eigenvalue weighted by atomic mass is 10.3. The van der Waals surface area contributed by atoms with Crippen molar-refractivity contribution in [2.24, 2.45) is 5.73 Å². The van der Waals surface area contributed by atoms with Gasteiger partial charge in [0.05, 0.1) is 16.4 Å². The fourth-order valence-corrected chi connectivity index (χ4v) is 3.12. The summed E-state index contributed by atoms with van der Waals surface area (Å²) in [4.78, 5) is 3.94. The van der Waals surface area contributed by atoms with Crippen molar-refractivity contribution in [1.29, 1.82) is 0 Å². The van der Waals surface area contributed by atoms with E-state index in [1.807, 2.05) is 0 Å². The average Bonchev–Trinajstić information content (AvgIpc) is 2.42. The quantitative estimate of drug-likeness (QED) is 0.817. The molecule has 0 fully saturated rings. The van der Waals surface area contributed by atoms with Crippen molar-refractivity contribution in [3.8, 4) is 0 Å². The van der Waals surface area contributed by atoms with E-state index in [0.717, 1.165) is 0 Å². The summed E-state index contributed by atoms with van der Waals surface area (Å²) in [5, 5.41) is 0.601. The lowest BCUT2D eigenvalue weighted by molar-refractivity contribution is 0.601. The molecule has 0 spiro atoms. The molecule has 0 saturated carbocycles. The maximum absolute atomic E-state index is 12.2. The van der Waals surface area contributed by atoms with Crippen LogP contribution < -0.4 is 10.5 Å². The Bertz CT molecular complexity index is 793. The summed E-state index contributed by atoms with van der Waals surface area (Å²) in [5.74, 6) is 0. The van der Waals surface area contributed by atoms with Crippen LogP contribution in [0.4, 0.5) is 5.69 Å². The molecular weight excluding hydrogens is 353 g/mol. The normalized spacial score (nSPS) is 11.1. The molecule has 2 aromatic rings. The van der Waals surface area contributed by atoms with Gasteiger partial charge in [-0.25, -0.2) is 8.42 Å². The summed E-state index contributed by atoms with van der Waals surface area (Å²) < 4.78 is 26.8. The van der Waals surface area contributed by atoms with Gasteiger partial charge in [0.2, 0.25) is 0 Å². The molecule has 0 bridgehead atoms. The summed E-state index contributed by atoms with van der Waals surface area (Å²) in [6.07, 6.45) is 1.17. The highest BCUT2D eigenvalue weighted by atomic mass is 35.5. The van der Waals surface area contributed by atoms with Crippen molar-refractivity contribution in [3.05, 3.63) is 52.3 Å². The van der Waals surface area contributed by atoms with Gasteiger partial charge in [0.25, 0.3) is 10.0 Å². The summed E-state index contributed by atoms with van der Waals surface area (Å²) in [6.45, 7) is 0. The van der Waals surface area contributed by atoms with Gasteiger partial charge in [0, 0.05) is 11.2 Å². The first-order valence-corrected chi connectivity index (χ1v) is 8.18. The molecule has 1 aromatic heterocycles. The number of benzene rings is 1. The Morgan fingerprint density at radius 2 is 1.95 bits per heavy atom. The predicted molar refractivity (Wildman–Crippen MR) is 87.4 cm³/mol. The van der Waals surface area contributed by atoms with Crippen LogP contribution in [0.25, 0.3) is 0 Å². The van der Waals surface area contributed by atoms with Crippen LogP contribution in [0.3, 0.4) is 0 Å². The zero-order valence-electron chi connectivity index (χ0n) is 10.4. The van der Waals surface area contributed by atoms with E-state index in [4.69, 9.17) is 41.2 Å². The minimum absolute atomic E-state index is 0.0338. The van der Waals surface area contributed by atoms with E-state index in [9.17, 15) is 8.42 Å². The second-order valence-electron chi connectivity index (χ2n) is 3.97. The highest BCUT2D eigenvalue weighted by Crippen LogP contribution is 2.27. The van der Waals surface area contributed by atoms with Crippen LogP contribution in [0.15, 0.2) is 41.4 Å². The van der Waals surface area contributed by atoms with E-state index in [2.05, 4.69) is 9.71 Å². The molecule has 21 heavy (non-hydrogen) atoms. The summed E-state index contributed by atoms with van der Waals surface area (Å²) in [6, 6.07) is 7.22. The number of nitrogens with one attached hydrogen (secondary N) is 1. The van der Waals surface area contributed by atoms with Crippen LogP contribution in [-0.4, -0.2) is 18.4 Å².